The zero-order valence-electron chi connectivity index (χ0n) is 12.3. The predicted octanol–water partition coefficient (Wildman–Crippen LogP) is 3.15. The molecule has 116 valence electrons. The summed E-state index contributed by atoms with van der Waals surface area (Å²) in [6, 6.07) is 9.64. The number of phenolic OH excluding ortho intramolecular Hbond substituents is 2. The van der Waals surface area contributed by atoms with Gasteiger partial charge >= 0.3 is 0 Å². The molecule has 4 nitrogen and oxygen atoms in total. The lowest BCUT2D eigenvalue weighted by Crippen LogP contribution is -2.20. The van der Waals surface area contributed by atoms with Crippen LogP contribution in [0.15, 0.2) is 34.8 Å². The summed E-state index contributed by atoms with van der Waals surface area (Å²) >= 11 is 3.42. The molecule has 1 atom stereocenters. The van der Waals surface area contributed by atoms with Gasteiger partial charge < -0.3 is 20.3 Å². The number of fused-ring (bicyclic) bond motifs is 1. The Balaban J connectivity index is 2.10. The lowest BCUT2D eigenvalue weighted by atomic mass is 9.87. The summed E-state index contributed by atoms with van der Waals surface area (Å²) in [4.78, 5) is 0. The highest BCUT2D eigenvalue weighted by molar-refractivity contribution is 9.10. The number of hydrogen-bond donors (Lipinski definition) is 3. The van der Waals surface area contributed by atoms with E-state index in [1.165, 1.54) is 0 Å². The molecule has 5 heteroatoms. The minimum Gasteiger partial charge on any atom is -0.504 e. The fourth-order valence-electron chi connectivity index (χ4n) is 2.95. The second-order valence-corrected chi connectivity index (χ2v) is 6.20. The maximum atomic E-state index is 9.97. The van der Waals surface area contributed by atoms with E-state index in [1.807, 2.05) is 24.3 Å². The molecule has 0 aliphatic carbocycles. The van der Waals surface area contributed by atoms with Crippen molar-refractivity contribution in [2.45, 2.75) is 12.3 Å². The number of nitrogens with one attached hydrogen (secondary N) is 1. The average Bonchev–Trinajstić information content (AvgIpc) is 2.75. The third kappa shape index (κ3) is 2.66. The van der Waals surface area contributed by atoms with Gasteiger partial charge in [0.15, 0.2) is 11.5 Å². The van der Waals surface area contributed by atoms with E-state index in [0.717, 1.165) is 42.0 Å². The van der Waals surface area contributed by atoms with Crippen LogP contribution in [-0.4, -0.2) is 30.4 Å². The van der Waals surface area contributed by atoms with Crippen molar-refractivity contribution in [2.75, 3.05) is 20.2 Å². The molecule has 0 spiro atoms. The van der Waals surface area contributed by atoms with Crippen molar-refractivity contribution in [3.05, 3.63) is 51.5 Å². The highest BCUT2D eigenvalue weighted by atomic mass is 79.9. The molecule has 3 N–H and O–H groups in total. The molecule has 0 radical (unpaired) electrons. The smallest absolute Gasteiger partial charge is 0.172 e. The van der Waals surface area contributed by atoms with Gasteiger partial charge in [-0.2, -0.15) is 0 Å². The van der Waals surface area contributed by atoms with Gasteiger partial charge in [0.2, 0.25) is 0 Å². The monoisotopic (exact) mass is 363 g/mol. The first-order valence-corrected chi connectivity index (χ1v) is 7.99. The third-order valence-electron chi connectivity index (χ3n) is 4.15. The highest BCUT2D eigenvalue weighted by Crippen LogP contribution is 2.42. The average molecular weight is 364 g/mol. The van der Waals surface area contributed by atoms with Crippen molar-refractivity contribution in [1.82, 2.24) is 5.32 Å². The first-order valence-electron chi connectivity index (χ1n) is 7.19. The van der Waals surface area contributed by atoms with Crippen LogP contribution in [-0.2, 0) is 6.42 Å². The van der Waals surface area contributed by atoms with Crippen LogP contribution in [0.5, 0.6) is 17.2 Å². The molecular weight excluding hydrogens is 346 g/mol. The van der Waals surface area contributed by atoms with E-state index in [0.29, 0.717) is 4.47 Å². The number of hydrogen-bond acceptors (Lipinski definition) is 4. The zero-order valence-corrected chi connectivity index (χ0v) is 13.9. The van der Waals surface area contributed by atoms with Crippen LogP contribution in [0, 0.1) is 0 Å². The van der Waals surface area contributed by atoms with Gasteiger partial charge in [0.05, 0.1) is 11.6 Å². The van der Waals surface area contributed by atoms with Crippen molar-refractivity contribution in [2.24, 2.45) is 0 Å². The number of aromatic hydroxyl groups is 2. The van der Waals surface area contributed by atoms with Gasteiger partial charge in [-0.1, -0.05) is 12.1 Å². The molecule has 3 rings (SSSR count). The van der Waals surface area contributed by atoms with Crippen molar-refractivity contribution < 1.29 is 14.9 Å². The molecule has 2 aromatic carbocycles. The van der Waals surface area contributed by atoms with E-state index in [2.05, 4.69) is 21.2 Å². The lowest BCUT2D eigenvalue weighted by Gasteiger charge is -2.20. The van der Waals surface area contributed by atoms with Gasteiger partial charge in [-0.3, -0.25) is 0 Å². The Kier molecular flexibility index (Phi) is 4.27. The fraction of sp³-hybridized carbons (Fsp3) is 0.294. The second-order valence-electron chi connectivity index (χ2n) is 5.41. The van der Waals surface area contributed by atoms with Crippen LogP contribution >= 0.6 is 15.9 Å². The zero-order chi connectivity index (χ0) is 15.7. The van der Waals surface area contributed by atoms with Crippen LogP contribution in [0.1, 0.15) is 22.6 Å². The van der Waals surface area contributed by atoms with Crippen LogP contribution in [0.2, 0.25) is 0 Å². The number of ether oxygens (including phenoxy) is 1. The van der Waals surface area contributed by atoms with Gasteiger partial charge in [0.1, 0.15) is 5.75 Å². The van der Waals surface area contributed by atoms with E-state index in [9.17, 15) is 10.2 Å². The molecule has 0 amide bonds. The number of benzene rings is 2. The van der Waals surface area contributed by atoms with Crippen molar-refractivity contribution >= 4 is 15.9 Å². The first-order chi connectivity index (χ1) is 10.6. The minimum atomic E-state index is -0.0916. The SMILES string of the molecule is COc1ccc(C2CNCCc3c2cc(O)c(O)c3Br)cc1. The maximum absolute atomic E-state index is 9.97. The topological polar surface area (TPSA) is 61.7 Å². The summed E-state index contributed by atoms with van der Waals surface area (Å²) in [5.74, 6) is 0.756. The molecule has 0 bridgehead atoms. The van der Waals surface area contributed by atoms with Crippen molar-refractivity contribution in [1.29, 1.82) is 0 Å². The number of rotatable bonds is 2. The Morgan fingerprint density at radius 1 is 1.23 bits per heavy atom. The molecule has 1 aliphatic heterocycles. The molecule has 22 heavy (non-hydrogen) atoms. The van der Waals surface area contributed by atoms with E-state index in [4.69, 9.17) is 4.74 Å². The van der Waals surface area contributed by atoms with Crippen LogP contribution in [0.4, 0.5) is 0 Å². The summed E-state index contributed by atoms with van der Waals surface area (Å²) in [6.07, 6.45) is 0.802. The van der Waals surface area contributed by atoms with Crippen LogP contribution in [0.3, 0.4) is 0 Å². The van der Waals surface area contributed by atoms with E-state index >= 15 is 0 Å². The summed E-state index contributed by atoms with van der Waals surface area (Å²) in [5, 5.41) is 23.3. The Morgan fingerprint density at radius 2 is 1.95 bits per heavy atom. The van der Waals surface area contributed by atoms with Gasteiger partial charge in [-0.05, 0) is 63.8 Å². The molecule has 2 aromatic rings. The predicted molar refractivity (Wildman–Crippen MR) is 88.9 cm³/mol. The Morgan fingerprint density at radius 3 is 2.64 bits per heavy atom. The molecular formula is C17H18BrNO3. The van der Waals surface area contributed by atoms with Crippen molar-refractivity contribution in [3.8, 4) is 17.2 Å². The molecule has 0 aromatic heterocycles. The Hall–Kier alpha value is -1.72. The second kappa shape index (κ2) is 6.18. The molecule has 0 saturated heterocycles. The molecule has 0 saturated carbocycles. The summed E-state index contributed by atoms with van der Waals surface area (Å²) in [5.41, 5.74) is 3.23. The van der Waals surface area contributed by atoms with Gasteiger partial charge in [-0.15, -0.1) is 0 Å². The summed E-state index contributed by atoms with van der Waals surface area (Å²) in [6.45, 7) is 1.62. The Labute approximate surface area is 137 Å². The summed E-state index contributed by atoms with van der Waals surface area (Å²) in [7, 11) is 1.65. The van der Waals surface area contributed by atoms with Gasteiger partial charge in [0.25, 0.3) is 0 Å². The summed E-state index contributed by atoms with van der Waals surface area (Å²) < 4.78 is 5.80. The van der Waals surface area contributed by atoms with Crippen LogP contribution < -0.4 is 10.1 Å². The standard InChI is InChI=1S/C17H18BrNO3/c1-22-11-4-2-10(3-5-11)14-9-19-7-6-12-13(14)8-15(20)17(21)16(12)18/h2-5,8,14,19-21H,6-7,9H2,1H3. The Bertz CT molecular complexity index is 685. The quantitative estimate of drug-likeness (QED) is 0.717. The maximum Gasteiger partial charge on any atom is 0.172 e. The van der Waals surface area contributed by atoms with E-state index in [-0.39, 0.29) is 17.4 Å². The minimum absolute atomic E-state index is 0.0888. The molecule has 1 heterocycles. The largest absolute Gasteiger partial charge is 0.504 e. The van der Waals surface area contributed by atoms with E-state index in [1.54, 1.807) is 13.2 Å². The molecule has 1 unspecified atom stereocenters. The fourth-order valence-corrected chi connectivity index (χ4v) is 3.58. The van der Waals surface area contributed by atoms with Crippen LogP contribution in [0.25, 0.3) is 0 Å². The molecule has 1 aliphatic rings. The highest BCUT2D eigenvalue weighted by Gasteiger charge is 2.25. The number of methoxy groups -OCH3 is 1. The van der Waals surface area contributed by atoms with E-state index < -0.39 is 0 Å². The van der Waals surface area contributed by atoms with Gasteiger partial charge in [-0.25, -0.2) is 0 Å². The first kappa shape index (κ1) is 15.2. The normalized spacial score (nSPS) is 17.6. The lowest BCUT2D eigenvalue weighted by molar-refractivity contribution is 0.400. The third-order valence-corrected chi connectivity index (χ3v) is 5.00. The number of phenols is 2. The number of halogens is 1. The van der Waals surface area contributed by atoms with Crippen molar-refractivity contribution in [3.63, 3.8) is 0 Å². The molecule has 0 fully saturated rings. The van der Waals surface area contributed by atoms with Gasteiger partial charge in [0, 0.05) is 12.5 Å².